The van der Waals surface area contributed by atoms with Gasteiger partial charge in [0.1, 0.15) is 0 Å². The predicted octanol–water partition coefficient (Wildman–Crippen LogP) is 3.68. The van der Waals surface area contributed by atoms with Crippen molar-refractivity contribution >= 4 is 21.6 Å². The maximum Gasteiger partial charge on any atom is 0.0434 e. The SMILES string of the molecule is CC1(C)CCN(c2ccc(Br)cc2)CC1CCO. The van der Waals surface area contributed by atoms with Crippen molar-refractivity contribution in [2.24, 2.45) is 11.3 Å². The van der Waals surface area contributed by atoms with Crippen LogP contribution in [0.15, 0.2) is 28.7 Å². The normalized spacial score (nSPS) is 23.1. The Labute approximate surface area is 118 Å². The second-order valence-electron chi connectivity index (χ2n) is 5.87. The predicted molar refractivity (Wildman–Crippen MR) is 79.9 cm³/mol. The maximum atomic E-state index is 9.22. The number of rotatable bonds is 3. The number of piperidine rings is 1. The van der Waals surface area contributed by atoms with Gasteiger partial charge in [-0.3, -0.25) is 0 Å². The zero-order valence-electron chi connectivity index (χ0n) is 11.2. The first-order valence-electron chi connectivity index (χ1n) is 6.64. The fourth-order valence-corrected chi connectivity index (χ4v) is 3.02. The summed E-state index contributed by atoms with van der Waals surface area (Å²) in [5.74, 6) is 0.569. The van der Waals surface area contributed by atoms with Gasteiger partial charge in [-0.05, 0) is 48.4 Å². The summed E-state index contributed by atoms with van der Waals surface area (Å²) in [6, 6.07) is 8.52. The largest absolute Gasteiger partial charge is 0.396 e. The van der Waals surface area contributed by atoms with Crippen LogP contribution in [0.4, 0.5) is 5.69 Å². The number of aliphatic hydroxyl groups is 1. The lowest BCUT2D eigenvalue weighted by molar-refractivity contribution is 0.132. The molecule has 1 heterocycles. The van der Waals surface area contributed by atoms with E-state index >= 15 is 0 Å². The highest BCUT2D eigenvalue weighted by molar-refractivity contribution is 9.10. The van der Waals surface area contributed by atoms with Crippen LogP contribution in [0, 0.1) is 11.3 Å². The summed E-state index contributed by atoms with van der Waals surface area (Å²) in [5, 5.41) is 9.22. The number of nitrogens with zero attached hydrogens (tertiary/aromatic N) is 1. The molecule has 2 nitrogen and oxygen atoms in total. The molecule has 1 fully saturated rings. The molecule has 1 saturated heterocycles. The Bertz CT molecular complexity index is 388. The Kier molecular flexibility index (Phi) is 4.33. The van der Waals surface area contributed by atoms with Gasteiger partial charge in [0.25, 0.3) is 0 Å². The number of anilines is 1. The molecule has 2 rings (SSSR count). The van der Waals surface area contributed by atoms with Crippen molar-refractivity contribution in [1.82, 2.24) is 0 Å². The van der Waals surface area contributed by atoms with Crippen LogP contribution < -0.4 is 4.90 Å². The van der Waals surface area contributed by atoms with Crippen molar-refractivity contribution < 1.29 is 5.11 Å². The Hall–Kier alpha value is -0.540. The summed E-state index contributed by atoms with van der Waals surface area (Å²) in [4.78, 5) is 2.44. The highest BCUT2D eigenvalue weighted by atomic mass is 79.9. The zero-order valence-corrected chi connectivity index (χ0v) is 12.8. The Morgan fingerprint density at radius 2 is 2.00 bits per heavy atom. The van der Waals surface area contributed by atoms with Gasteiger partial charge in [0, 0.05) is 29.9 Å². The highest BCUT2D eigenvalue weighted by Crippen LogP contribution is 2.39. The molecule has 0 aromatic heterocycles. The molecule has 0 saturated carbocycles. The summed E-state index contributed by atoms with van der Waals surface area (Å²) >= 11 is 3.47. The molecule has 18 heavy (non-hydrogen) atoms. The minimum Gasteiger partial charge on any atom is -0.396 e. The number of halogens is 1. The van der Waals surface area contributed by atoms with E-state index < -0.39 is 0 Å². The lowest BCUT2D eigenvalue weighted by Gasteiger charge is -2.45. The second kappa shape index (κ2) is 5.62. The summed E-state index contributed by atoms with van der Waals surface area (Å²) in [6.07, 6.45) is 2.09. The Morgan fingerprint density at radius 3 is 2.61 bits per heavy atom. The third kappa shape index (κ3) is 3.07. The van der Waals surface area contributed by atoms with Crippen LogP contribution >= 0.6 is 15.9 Å². The van der Waals surface area contributed by atoms with Crippen LogP contribution in [-0.2, 0) is 0 Å². The molecular weight excluding hydrogens is 290 g/mol. The van der Waals surface area contributed by atoms with Crippen molar-refractivity contribution in [3.8, 4) is 0 Å². The quantitative estimate of drug-likeness (QED) is 0.920. The van der Waals surface area contributed by atoms with Gasteiger partial charge in [-0.1, -0.05) is 29.8 Å². The van der Waals surface area contributed by atoms with Crippen molar-refractivity contribution in [1.29, 1.82) is 0 Å². The van der Waals surface area contributed by atoms with E-state index in [1.807, 2.05) is 0 Å². The molecule has 0 radical (unpaired) electrons. The zero-order chi connectivity index (χ0) is 13.2. The number of benzene rings is 1. The molecule has 1 aromatic carbocycles. The molecule has 1 unspecified atom stereocenters. The van der Waals surface area contributed by atoms with Crippen LogP contribution in [0.2, 0.25) is 0 Å². The van der Waals surface area contributed by atoms with E-state index in [4.69, 9.17) is 0 Å². The van der Waals surface area contributed by atoms with E-state index in [9.17, 15) is 5.11 Å². The summed E-state index contributed by atoms with van der Waals surface area (Å²) in [5.41, 5.74) is 1.63. The first-order chi connectivity index (χ1) is 8.53. The molecule has 0 aliphatic carbocycles. The number of hydrogen-bond acceptors (Lipinski definition) is 2. The fraction of sp³-hybridized carbons (Fsp3) is 0.600. The minimum absolute atomic E-state index is 0.294. The van der Waals surface area contributed by atoms with Crippen LogP contribution in [0.3, 0.4) is 0 Å². The topological polar surface area (TPSA) is 23.5 Å². The van der Waals surface area contributed by atoms with Crippen molar-refractivity contribution in [3.05, 3.63) is 28.7 Å². The summed E-state index contributed by atoms with van der Waals surface area (Å²) < 4.78 is 1.12. The molecule has 1 N–H and O–H groups in total. The average molecular weight is 312 g/mol. The van der Waals surface area contributed by atoms with E-state index in [0.29, 0.717) is 17.9 Å². The molecule has 1 aliphatic rings. The minimum atomic E-state index is 0.294. The van der Waals surface area contributed by atoms with Crippen molar-refractivity contribution in [3.63, 3.8) is 0 Å². The van der Waals surface area contributed by atoms with E-state index in [0.717, 1.165) is 24.0 Å². The molecule has 1 atom stereocenters. The van der Waals surface area contributed by atoms with E-state index in [-0.39, 0.29) is 0 Å². The third-order valence-corrected chi connectivity index (χ3v) is 4.77. The van der Waals surface area contributed by atoms with E-state index in [1.165, 1.54) is 12.1 Å². The summed E-state index contributed by atoms with van der Waals surface area (Å²) in [6.45, 7) is 7.10. The number of aliphatic hydroxyl groups excluding tert-OH is 1. The molecule has 0 spiro atoms. The van der Waals surface area contributed by atoms with Gasteiger partial charge in [-0.15, -0.1) is 0 Å². The molecule has 100 valence electrons. The van der Waals surface area contributed by atoms with Crippen LogP contribution in [0.1, 0.15) is 26.7 Å². The van der Waals surface area contributed by atoms with Gasteiger partial charge in [0.2, 0.25) is 0 Å². The average Bonchev–Trinajstić information content (AvgIpc) is 2.33. The Morgan fingerprint density at radius 1 is 1.33 bits per heavy atom. The standard InChI is InChI=1S/C15H22BrNO/c1-15(2)8-9-17(11-12(15)7-10-18)14-5-3-13(16)4-6-14/h3-6,12,18H,7-11H2,1-2H3. The van der Waals surface area contributed by atoms with Crippen LogP contribution in [0.5, 0.6) is 0 Å². The fourth-order valence-electron chi connectivity index (χ4n) is 2.76. The van der Waals surface area contributed by atoms with E-state index in [1.54, 1.807) is 0 Å². The molecule has 1 aromatic rings. The van der Waals surface area contributed by atoms with Crippen molar-refractivity contribution in [2.75, 3.05) is 24.6 Å². The Balaban J connectivity index is 2.10. The summed E-state index contributed by atoms with van der Waals surface area (Å²) in [7, 11) is 0. The number of hydrogen-bond donors (Lipinski definition) is 1. The van der Waals surface area contributed by atoms with Gasteiger partial charge >= 0.3 is 0 Å². The molecule has 1 aliphatic heterocycles. The molecular formula is C15H22BrNO. The third-order valence-electron chi connectivity index (χ3n) is 4.24. The lowest BCUT2D eigenvalue weighted by atomic mass is 9.72. The lowest BCUT2D eigenvalue weighted by Crippen LogP contribution is -2.45. The molecule has 0 amide bonds. The van der Waals surface area contributed by atoms with Crippen molar-refractivity contribution in [2.45, 2.75) is 26.7 Å². The maximum absolute atomic E-state index is 9.22. The second-order valence-corrected chi connectivity index (χ2v) is 6.79. The van der Waals surface area contributed by atoms with Gasteiger partial charge in [-0.25, -0.2) is 0 Å². The van der Waals surface area contributed by atoms with Crippen LogP contribution in [-0.4, -0.2) is 24.8 Å². The van der Waals surface area contributed by atoms with Gasteiger partial charge in [0.05, 0.1) is 0 Å². The van der Waals surface area contributed by atoms with Gasteiger partial charge < -0.3 is 10.0 Å². The van der Waals surface area contributed by atoms with Gasteiger partial charge in [-0.2, -0.15) is 0 Å². The molecule has 3 heteroatoms. The van der Waals surface area contributed by atoms with Crippen LogP contribution in [0.25, 0.3) is 0 Å². The highest BCUT2D eigenvalue weighted by Gasteiger charge is 2.34. The monoisotopic (exact) mass is 311 g/mol. The van der Waals surface area contributed by atoms with Gasteiger partial charge in [0.15, 0.2) is 0 Å². The smallest absolute Gasteiger partial charge is 0.0434 e. The first-order valence-corrected chi connectivity index (χ1v) is 7.43. The van der Waals surface area contributed by atoms with E-state index in [2.05, 4.69) is 58.9 Å². The first kappa shape index (κ1) is 13.9. The molecule has 0 bridgehead atoms.